The number of aliphatic hydroxyl groups excluding tert-OH is 1. The highest BCUT2D eigenvalue weighted by molar-refractivity contribution is 6.07. The average molecular weight is 847 g/mol. The molecule has 0 unspecified atom stereocenters. The van der Waals surface area contributed by atoms with Gasteiger partial charge in [-0.3, -0.25) is 14.4 Å². The van der Waals surface area contributed by atoms with Crippen LogP contribution in [0.15, 0.2) is 48.7 Å². The van der Waals surface area contributed by atoms with Crippen molar-refractivity contribution in [1.82, 2.24) is 35.1 Å². The van der Waals surface area contributed by atoms with Crippen molar-refractivity contribution < 1.29 is 38.5 Å². The van der Waals surface area contributed by atoms with E-state index in [4.69, 9.17) is 19.6 Å². The Morgan fingerprint density at radius 1 is 0.967 bits per heavy atom. The van der Waals surface area contributed by atoms with Crippen molar-refractivity contribution in [2.45, 2.75) is 99.4 Å². The topological polar surface area (TPSA) is 218 Å². The number of ether oxygens (including phenoxy) is 3. The van der Waals surface area contributed by atoms with Crippen LogP contribution in [0.5, 0.6) is 5.75 Å². The summed E-state index contributed by atoms with van der Waals surface area (Å²) in [5.74, 6) is 2.61. The highest BCUT2D eigenvalue weighted by Crippen LogP contribution is 2.42. The number of carbonyl (C=O) groups excluding carboxylic acids is 4. The number of nitrogens with zero attached hydrogens (tertiary/aromatic N) is 4. The van der Waals surface area contributed by atoms with Crippen LogP contribution in [-0.2, 0) is 43.6 Å². The van der Waals surface area contributed by atoms with E-state index in [2.05, 4.69) is 113 Å². The molecule has 1 aliphatic heterocycles. The minimum Gasteiger partial charge on any atom is -0.488 e. The van der Waals surface area contributed by atoms with Crippen molar-refractivity contribution in [3.63, 3.8) is 0 Å². The predicted molar refractivity (Wildman–Crippen MR) is 240 cm³/mol. The van der Waals surface area contributed by atoms with Gasteiger partial charge in [-0.25, -0.2) is 14.8 Å². The van der Waals surface area contributed by atoms with Crippen molar-refractivity contribution in [1.29, 1.82) is 0 Å². The number of hydrogen-bond acceptors (Lipinski definition) is 11. The second kappa shape index (κ2) is 27.0. The molecule has 3 heterocycles. The lowest BCUT2D eigenvalue weighted by Crippen LogP contribution is -2.37. The minimum atomic E-state index is -0.745. The van der Waals surface area contributed by atoms with Crippen LogP contribution < -0.4 is 15.8 Å². The first-order chi connectivity index (χ1) is 29.4. The molecule has 1 atom stereocenters. The summed E-state index contributed by atoms with van der Waals surface area (Å²) >= 11 is 0. The van der Waals surface area contributed by atoms with Gasteiger partial charge >= 0.3 is 6.09 Å². The summed E-state index contributed by atoms with van der Waals surface area (Å²) in [6, 6.07) is 15.0. The largest absolute Gasteiger partial charge is 0.488 e. The third-order valence-corrected chi connectivity index (χ3v) is 9.37. The number of primary amides is 1. The lowest BCUT2D eigenvalue weighted by molar-refractivity contribution is -0.134. The van der Waals surface area contributed by atoms with Gasteiger partial charge in [-0.1, -0.05) is 59.2 Å². The fourth-order valence-electron chi connectivity index (χ4n) is 6.40. The van der Waals surface area contributed by atoms with Crippen LogP contribution in [0.1, 0.15) is 90.9 Å². The molecule has 0 aliphatic carbocycles. The highest BCUT2D eigenvalue weighted by Gasteiger charge is 2.23. The molecule has 334 valence electrons. The van der Waals surface area contributed by atoms with Gasteiger partial charge in [0.2, 0.25) is 11.8 Å². The number of carbonyl (C=O) groups is 4. The van der Waals surface area contributed by atoms with E-state index in [1.165, 1.54) is 20.6 Å². The van der Waals surface area contributed by atoms with Crippen molar-refractivity contribution in [2.75, 3.05) is 41.5 Å². The number of hydrogen-bond donors (Lipinski definition) is 5. The van der Waals surface area contributed by atoms with Crippen LogP contribution in [-0.4, -0.2) is 107 Å². The van der Waals surface area contributed by atoms with Gasteiger partial charge in [0, 0.05) is 37.1 Å². The monoisotopic (exact) mass is 847 g/mol. The first-order valence-corrected chi connectivity index (χ1v) is 20.7. The quantitative estimate of drug-likeness (QED) is 0.0712. The molecular weight excluding hydrogens is 781 g/mol. The maximum atomic E-state index is 12.8. The third-order valence-electron chi connectivity index (χ3n) is 9.37. The molecule has 1 aliphatic rings. The molecule has 16 nitrogen and oxygen atoms in total. The van der Waals surface area contributed by atoms with E-state index in [1.807, 2.05) is 22.9 Å². The minimum absolute atomic E-state index is 0.0593. The Morgan fingerprint density at radius 3 is 2.25 bits per heavy atom. The number of methoxy groups -OCH3 is 2. The van der Waals surface area contributed by atoms with Crippen LogP contribution in [0, 0.1) is 0 Å². The van der Waals surface area contributed by atoms with E-state index in [9.17, 15) is 14.4 Å². The van der Waals surface area contributed by atoms with Gasteiger partial charge in [-0.05, 0) is 79.6 Å². The molecule has 0 fully saturated rings. The maximum absolute atomic E-state index is 12.8. The van der Waals surface area contributed by atoms with E-state index in [1.54, 1.807) is 7.05 Å². The smallest absolute Gasteiger partial charge is 0.404 e. The van der Waals surface area contributed by atoms with Gasteiger partial charge in [0.15, 0.2) is 0 Å². The number of amides is 3. The lowest BCUT2D eigenvalue weighted by atomic mass is 9.92. The number of nitrogens with one attached hydrogen (secondary N) is 3. The number of aromatic amines is 2. The average Bonchev–Trinajstić information content (AvgIpc) is 3.93. The Balaban J connectivity index is 0.000000804. The molecule has 5 aromatic rings. The van der Waals surface area contributed by atoms with Gasteiger partial charge in [-0.15, -0.1) is 0 Å². The van der Waals surface area contributed by atoms with E-state index < -0.39 is 6.09 Å². The van der Waals surface area contributed by atoms with Gasteiger partial charge in [0.1, 0.15) is 24.0 Å². The maximum Gasteiger partial charge on any atom is 0.404 e. The summed E-state index contributed by atoms with van der Waals surface area (Å²) in [4.78, 5) is 64.0. The molecule has 0 radical (unpaired) electrons. The number of aliphatic hydroxyl groups is 1. The van der Waals surface area contributed by atoms with E-state index in [-0.39, 0.29) is 17.9 Å². The van der Waals surface area contributed by atoms with Gasteiger partial charge in [0.25, 0.3) is 6.47 Å². The van der Waals surface area contributed by atoms with Crippen LogP contribution >= 0.6 is 0 Å². The molecule has 3 aromatic carbocycles. The molecule has 6 N–H and O–H groups in total. The number of H-pyrrole nitrogens is 2. The number of benzene rings is 3. The van der Waals surface area contributed by atoms with Crippen molar-refractivity contribution >= 4 is 46.2 Å². The zero-order valence-corrected chi connectivity index (χ0v) is 37.5. The second-order valence-electron chi connectivity index (χ2n) is 14.1. The Labute approximate surface area is 359 Å². The molecule has 0 spiro atoms. The first kappa shape index (κ1) is 51.1. The lowest BCUT2D eigenvalue weighted by Gasteiger charge is -2.27. The highest BCUT2D eigenvalue weighted by atomic mass is 16.5. The van der Waals surface area contributed by atoms with Gasteiger partial charge < -0.3 is 50.1 Å². The Kier molecular flexibility index (Phi) is 22.6. The Bertz CT molecular complexity index is 2130. The molecule has 61 heavy (non-hydrogen) atoms. The summed E-state index contributed by atoms with van der Waals surface area (Å²) < 4.78 is 14.1. The molecule has 3 amide bonds. The summed E-state index contributed by atoms with van der Waals surface area (Å²) in [7, 11) is 5.32. The standard InChI is InChI=1S/C37H45N7O3.C3H8.C2H5NO2.C2H4O2.CH4O/c1-6-9-35(45)44(23(4)8-3)21-33-39-18-31(41-33)25-10-12-27-26(15-25)22-47-32-17-28-24(16-29(27)32)11-13-30-37(28)42-34(40-30)20-43(14-7-2)36(46)19-38-5;1-3-2;1-5-2(3)4;1-4-2-3;1-2/h10-13,15-18,23,38H,6-9,14,19-22H2,1-5H3,(H,39,41)(H,40,42);3H2,1-2H3;1H3,(H2,3,4);2H,1H3;2H,1H3/t23-;;;;/m0..../s1. The molecule has 2 aromatic heterocycles. The number of rotatable bonds is 14. The Hall–Kier alpha value is -6.00. The van der Waals surface area contributed by atoms with Gasteiger partial charge in [-0.2, -0.15) is 0 Å². The zero-order chi connectivity index (χ0) is 45.5. The number of imidazole rings is 2. The zero-order valence-electron chi connectivity index (χ0n) is 37.5. The number of fused-ring (bicyclic) bond motifs is 6. The van der Waals surface area contributed by atoms with Crippen molar-refractivity contribution in [3.8, 4) is 28.1 Å². The predicted octanol–water partition coefficient (Wildman–Crippen LogP) is 7.08. The molecule has 6 rings (SSSR count). The Morgan fingerprint density at radius 2 is 1.66 bits per heavy atom. The normalized spacial score (nSPS) is 11.2. The molecular formula is C45H66N8O8. The first-order valence-electron chi connectivity index (χ1n) is 20.7. The van der Waals surface area contributed by atoms with Crippen LogP contribution in [0.2, 0.25) is 0 Å². The molecule has 0 saturated heterocycles. The summed E-state index contributed by atoms with van der Waals surface area (Å²) in [6.07, 6.45) is 5.51. The summed E-state index contributed by atoms with van der Waals surface area (Å²) in [5, 5.41) is 12.0. The van der Waals surface area contributed by atoms with Crippen LogP contribution in [0.4, 0.5) is 4.79 Å². The number of aromatic nitrogens is 4. The molecule has 16 heteroatoms. The van der Waals surface area contributed by atoms with Crippen molar-refractivity contribution in [3.05, 3.63) is 65.9 Å². The fourth-order valence-corrected chi connectivity index (χ4v) is 6.40. The van der Waals surface area contributed by atoms with E-state index >= 15 is 0 Å². The number of nitrogens with two attached hydrogens (primary N) is 1. The van der Waals surface area contributed by atoms with E-state index in [0.29, 0.717) is 45.7 Å². The SMILES string of the molecule is CCC.CCCC(=O)N(Cc1ncc(-c2ccc3c(c2)COc2cc4c(ccc5[nH]c(CN(CCC)C(=O)CNC)nc54)cc2-3)[nH]1)[C@@H](C)CC.CO.COC(N)=O.COC=O. The molecule has 0 saturated carbocycles. The van der Waals surface area contributed by atoms with Gasteiger partial charge in [0.05, 0.1) is 56.8 Å². The third kappa shape index (κ3) is 14.6. The fraction of sp³-hybridized carbons (Fsp3) is 0.467. The summed E-state index contributed by atoms with van der Waals surface area (Å²) in [6.45, 7) is 15.3. The van der Waals surface area contributed by atoms with Crippen LogP contribution in [0.25, 0.3) is 44.2 Å². The van der Waals surface area contributed by atoms with Crippen LogP contribution in [0.3, 0.4) is 0 Å². The van der Waals surface area contributed by atoms with Crippen molar-refractivity contribution in [2.24, 2.45) is 5.73 Å². The summed E-state index contributed by atoms with van der Waals surface area (Å²) in [5.41, 5.74) is 11.5. The second-order valence-corrected chi connectivity index (χ2v) is 14.1. The van der Waals surface area contributed by atoms with E-state index in [0.717, 1.165) is 93.5 Å². The molecule has 0 bridgehead atoms. The number of likely N-dealkylation sites (N-methyl/N-ethyl adjacent to an activating group) is 1.